The summed E-state index contributed by atoms with van der Waals surface area (Å²) in [7, 11) is -4.11. The highest BCUT2D eigenvalue weighted by atomic mass is 35.5. The number of nitrogens with zero attached hydrogens (tertiary/aromatic N) is 2. The molecule has 1 atom stereocenters. The van der Waals surface area contributed by atoms with Gasteiger partial charge >= 0.3 is 0 Å². The lowest BCUT2D eigenvalue weighted by atomic mass is 10.1. The summed E-state index contributed by atoms with van der Waals surface area (Å²) in [5.74, 6) is -0.759. The van der Waals surface area contributed by atoms with Gasteiger partial charge in [-0.2, -0.15) is 0 Å². The molecule has 218 valence electrons. The van der Waals surface area contributed by atoms with Gasteiger partial charge in [-0.1, -0.05) is 84.9 Å². The molecule has 0 spiro atoms. The average Bonchev–Trinajstić information content (AvgIpc) is 3.47. The van der Waals surface area contributed by atoms with Crippen molar-refractivity contribution in [2.45, 2.75) is 69.5 Å². The van der Waals surface area contributed by atoms with Gasteiger partial charge in [0.1, 0.15) is 12.6 Å². The highest BCUT2D eigenvalue weighted by Crippen LogP contribution is 2.27. The number of aryl methyl sites for hydroxylation is 1. The molecular weight excluding hydrogens is 581 g/mol. The van der Waals surface area contributed by atoms with Crippen LogP contribution in [0.5, 0.6) is 0 Å². The predicted octanol–water partition coefficient (Wildman–Crippen LogP) is 6.36. The van der Waals surface area contributed by atoms with Crippen LogP contribution in [0.15, 0.2) is 77.7 Å². The summed E-state index contributed by atoms with van der Waals surface area (Å²) >= 11 is 12.4. The molecule has 1 fully saturated rings. The molecular formula is C31H35Cl2N3O4S. The summed E-state index contributed by atoms with van der Waals surface area (Å²) in [4.78, 5) is 29.2. The number of benzene rings is 3. The maximum absolute atomic E-state index is 14.2. The molecule has 0 bridgehead atoms. The van der Waals surface area contributed by atoms with E-state index in [1.165, 1.54) is 17.0 Å². The van der Waals surface area contributed by atoms with Crippen molar-refractivity contribution in [3.05, 3.63) is 94.0 Å². The van der Waals surface area contributed by atoms with Gasteiger partial charge in [0.15, 0.2) is 0 Å². The number of hydrogen-bond donors (Lipinski definition) is 1. The smallest absolute Gasteiger partial charge is 0.264 e. The highest BCUT2D eigenvalue weighted by molar-refractivity contribution is 7.92. The first-order chi connectivity index (χ1) is 19.6. The summed E-state index contributed by atoms with van der Waals surface area (Å²) in [5.41, 5.74) is 1.98. The van der Waals surface area contributed by atoms with E-state index in [4.69, 9.17) is 23.2 Å². The quantitative estimate of drug-likeness (QED) is 0.272. The molecule has 0 saturated heterocycles. The minimum atomic E-state index is -4.11. The second kappa shape index (κ2) is 13.7. The monoisotopic (exact) mass is 615 g/mol. The molecule has 0 aromatic heterocycles. The van der Waals surface area contributed by atoms with Crippen LogP contribution >= 0.6 is 23.2 Å². The number of sulfonamides is 1. The molecule has 10 heteroatoms. The van der Waals surface area contributed by atoms with E-state index in [0.29, 0.717) is 27.7 Å². The zero-order valence-corrected chi connectivity index (χ0v) is 25.6. The summed E-state index contributed by atoms with van der Waals surface area (Å²) in [6, 6.07) is 19.3. The lowest BCUT2D eigenvalue weighted by Gasteiger charge is -2.34. The van der Waals surface area contributed by atoms with Gasteiger partial charge in [0.05, 0.1) is 20.6 Å². The molecule has 0 aliphatic heterocycles. The maximum Gasteiger partial charge on any atom is 0.264 e. The number of amides is 2. The van der Waals surface area contributed by atoms with Gasteiger partial charge < -0.3 is 10.2 Å². The zero-order valence-electron chi connectivity index (χ0n) is 23.2. The van der Waals surface area contributed by atoms with Crippen LogP contribution in [0.4, 0.5) is 5.69 Å². The van der Waals surface area contributed by atoms with Crippen molar-refractivity contribution in [2.24, 2.45) is 0 Å². The van der Waals surface area contributed by atoms with Crippen LogP contribution in [0.25, 0.3) is 0 Å². The van der Waals surface area contributed by atoms with E-state index in [0.717, 1.165) is 35.6 Å². The van der Waals surface area contributed by atoms with Crippen molar-refractivity contribution in [3.8, 4) is 0 Å². The lowest BCUT2D eigenvalue weighted by Crippen LogP contribution is -2.53. The Morgan fingerprint density at radius 1 is 0.951 bits per heavy atom. The first kappa shape index (κ1) is 30.9. The molecule has 3 aromatic carbocycles. The van der Waals surface area contributed by atoms with Gasteiger partial charge in [-0.05, 0) is 68.1 Å². The summed E-state index contributed by atoms with van der Waals surface area (Å²) in [5, 5.41) is 3.81. The fourth-order valence-corrected chi connectivity index (χ4v) is 6.84. The van der Waals surface area contributed by atoms with Gasteiger partial charge in [0.25, 0.3) is 10.0 Å². The fourth-order valence-electron chi connectivity index (χ4n) is 5.08. The van der Waals surface area contributed by atoms with E-state index in [1.807, 2.05) is 13.8 Å². The third-order valence-corrected chi connectivity index (χ3v) is 9.88. The lowest BCUT2D eigenvalue weighted by molar-refractivity contribution is -0.140. The van der Waals surface area contributed by atoms with Crippen molar-refractivity contribution in [1.29, 1.82) is 0 Å². The van der Waals surface area contributed by atoms with Crippen LogP contribution in [-0.4, -0.2) is 43.8 Å². The standard InChI is InChI=1S/C31H35Cl2N3O4S/c1-3-29(31(38)34-24-9-7-8-10-24)35(20-23-15-18-27(32)28(33)19-23)30(37)21-36(25-16-13-22(2)14-17-25)41(39,40)26-11-5-4-6-12-26/h4-6,11-19,24,29H,3,7-10,20-21H2,1-2H3,(H,34,38)/t29-/m0/s1. The van der Waals surface area contributed by atoms with Crippen molar-refractivity contribution in [1.82, 2.24) is 10.2 Å². The molecule has 2 amide bonds. The molecule has 4 rings (SSSR count). The topological polar surface area (TPSA) is 86.8 Å². The van der Waals surface area contributed by atoms with E-state index in [9.17, 15) is 18.0 Å². The van der Waals surface area contributed by atoms with E-state index < -0.39 is 28.5 Å². The molecule has 0 unspecified atom stereocenters. The number of hydrogen-bond acceptors (Lipinski definition) is 4. The molecule has 7 nitrogen and oxygen atoms in total. The van der Waals surface area contributed by atoms with Crippen LogP contribution in [0.3, 0.4) is 0 Å². The molecule has 1 N–H and O–H groups in total. The Bertz CT molecular complexity index is 1460. The van der Waals surface area contributed by atoms with Crippen LogP contribution in [0.2, 0.25) is 10.0 Å². The van der Waals surface area contributed by atoms with Gasteiger partial charge in [-0.25, -0.2) is 8.42 Å². The number of halogens is 2. The summed E-state index contributed by atoms with van der Waals surface area (Å²) in [6.45, 7) is 3.31. The van der Waals surface area contributed by atoms with Crippen LogP contribution in [0.1, 0.15) is 50.2 Å². The van der Waals surface area contributed by atoms with Gasteiger partial charge in [-0.3, -0.25) is 13.9 Å². The third-order valence-electron chi connectivity index (χ3n) is 7.36. The number of anilines is 1. The van der Waals surface area contributed by atoms with Gasteiger partial charge in [-0.15, -0.1) is 0 Å². The first-order valence-corrected chi connectivity index (χ1v) is 16.0. The first-order valence-electron chi connectivity index (χ1n) is 13.8. The van der Waals surface area contributed by atoms with Crippen LogP contribution in [-0.2, 0) is 26.2 Å². The Morgan fingerprint density at radius 3 is 2.22 bits per heavy atom. The third kappa shape index (κ3) is 7.61. The van der Waals surface area contributed by atoms with Crippen LogP contribution < -0.4 is 9.62 Å². The Balaban J connectivity index is 1.71. The molecule has 0 radical (unpaired) electrons. The molecule has 41 heavy (non-hydrogen) atoms. The van der Waals surface area contributed by atoms with Crippen LogP contribution in [0, 0.1) is 6.92 Å². The van der Waals surface area contributed by atoms with Crippen molar-refractivity contribution < 1.29 is 18.0 Å². The second-order valence-corrected chi connectivity index (χ2v) is 13.0. The van der Waals surface area contributed by atoms with Crippen molar-refractivity contribution in [2.75, 3.05) is 10.8 Å². The Hall–Kier alpha value is -3.07. The summed E-state index contributed by atoms with van der Waals surface area (Å²) in [6.07, 6.45) is 4.26. The minimum Gasteiger partial charge on any atom is -0.352 e. The van der Waals surface area contributed by atoms with Crippen molar-refractivity contribution in [3.63, 3.8) is 0 Å². The zero-order chi connectivity index (χ0) is 29.6. The number of carbonyl (C=O) groups is 2. The van der Waals surface area contributed by atoms with Gasteiger partial charge in [0.2, 0.25) is 11.8 Å². The Morgan fingerprint density at radius 2 is 1.61 bits per heavy atom. The number of rotatable bonds is 11. The molecule has 0 heterocycles. The van der Waals surface area contributed by atoms with E-state index in [-0.39, 0.29) is 23.4 Å². The predicted molar refractivity (Wildman–Crippen MR) is 164 cm³/mol. The molecule has 3 aromatic rings. The SMILES string of the molecule is CC[C@@H](C(=O)NC1CCCC1)N(Cc1ccc(Cl)c(Cl)c1)C(=O)CN(c1ccc(C)cc1)S(=O)(=O)c1ccccc1. The average molecular weight is 617 g/mol. The van der Waals surface area contributed by atoms with E-state index in [1.54, 1.807) is 60.7 Å². The Labute approximate surface area is 252 Å². The van der Waals surface area contributed by atoms with E-state index >= 15 is 0 Å². The fraction of sp³-hybridized carbons (Fsp3) is 0.355. The molecule has 1 aliphatic carbocycles. The maximum atomic E-state index is 14.2. The van der Waals surface area contributed by atoms with E-state index in [2.05, 4.69) is 5.32 Å². The molecule has 1 saturated carbocycles. The highest BCUT2D eigenvalue weighted by Gasteiger charge is 2.34. The largest absolute Gasteiger partial charge is 0.352 e. The second-order valence-electron chi connectivity index (χ2n) is 10.3. The summed E-state index contributed by atoms with van der Waals surface area (Å²) < 4.78 is 28.8. The molecule has 1 aliphatic rings. The minimum absolute atomic E-state index is 0.0550. The number of nitrogens with one attached hydrogen (secondary N) is 1. The van der Waals surface area contributed by atoms with Crippen molar-refractivity contribution >= 4 is 50.7 Å². The normalized spacial score (nSPS) is 14.4. The Kier molecular flexibility index (Phi) is 10.3. The van der Waals surface area contributed by atoms with Gasteiger partial charge in [0, 0.05) is 12.6 Å². The number of carbonyl (C=O) groups excluding carboxylic acids is 2.